The van der Waals surface area contributed by atoms with Crippen LogP contribution >= 0.6 is 0 Å². The third-order valence-corrected chi connectivity index (χ3v) is 3.42. The first kappa shape index (κ1) is 13.5. The number of carbonyl (C=O) groups excluding carboxylic acids is 1. The summed E-state index contributed by atoms with van der Waals surface area (Å²) in [5.41, 5.74) is 2.15. The lowest BCUT2D eigenvalue weighted by atomic mass is 9.84. The lowest BCUT2D eigenvalue weighted by Crippen LogP contribution is -2.33. The molecule has 4 heteroatoms. The summed E-state index contributed by atoms with van der Waals surface area (Å²) in [7, 11) is 1.40. The molecule has 1 aromatic carbocycles. The topological polar surface area (TPSA) is 51.0 Å². The van der Waals surface area contributed by atoms with E-state index in [1.165, 1.54) is 7.11 Å². The lowest BCUT2D eigenvalue weighted by molar-refractivity contribution is -0.145. The van der Waals surface area contributed by atoms with Crippen LogP contribution < -0.4 is 0 Å². The van der Waals surface area contributed by atoms with Crippen molar-refractivity contribution in [1.29, 1.82) is 0 Å². The van der Waals surface area contributed by atoms with Gasteiger partial charge in [0.2, 0.25) is 0 Å². The molecule has 1 heterocycles. The maximum atomic E-state index is 12.0. The summed E-state index contributed by atoms with van der Waals surface area (Å²) in [6, 6.07) is 9.88. The second-order valence-corrected chi connectivity index (χ2v) is 5.19. The van der Waals surface area contributed by atoms with Gasteiger partial charge in [0.1, 0.15) is 5.92 Å². The molecule has 4 nitrogen and oxygen atoms in total. The fourth-order valence-corrected chi connectivity index (χ4v) is 2.28. The largest absolute Gasteiger partial charge is 0.468 e. The molecule has 1 atom stereocenters. The standard InChI is InChI=1S/C15H18N2O2/c1-10(11-8-6-5-7-9-11)13-12(14(18)19-4)15(2,3)17-16-13/h5-9,12H,1-4H3/b13-10+. The molecule has 1 aliphatic rings. The third-order valence-electron chi connectivity index (χ3n) is 3.42. The molecular formula is C15H18N2O2. The van der Waals surface area contributed by atoms with Crippen LogP contribution in [0.4, 0.5) is 0 Å². The number of benzene rings is 1. The number of carbonyl (C=O) groups is 1. The van der Waals surface area contributed by atoms with E-state index in [9.17, 15) is 4.79 Å². The van der Waals surface area contributed by atoms with Crippen LogP contribution in [0.5, 0.6) is 0 Å². The van der Waals surface area contributed by atoms with Crippen LogP contribution in [0, 0.1) is 5.92 Å². The Morgan fingerprint density at radius 1 is 1.26 bits per heavy atom. The fourth-order valence-electron chi connectivity index (χ4n) is 2.28. The van der Waals surface area contributed by atoms with Gasteiger partial charge in [0, 0.05) is 0 Å². The van der Waals surface area contributed by atoms with Gasteiger partial charge in [0.15, 0.2) is 0 Å². The number of hydrogen-bond acceptors (Lipinski definition) is 4. The highest BCUT2D eigenvalue weighted by atomic mass is 16.5. The molecule has 19 heavy (non-hydrogen) atoms. The molecule has 0 saturated heterocycles. The Morgan fingerprint density at radius 3 is 2.47 bits per heavy atom. The Bertz CT molecular complexity index is 545. The van der Waals surface area contributed by atoms with Crippen LogP contribution in [-0.2, 0) is 9.53 Å². The summed E-state index contributed by atoms with van der Waals surface area (Å²) in [6.45, 7) is 5.74. The van der Waals surface area contributed by atoms with Gasteiger partial charge < -0.3 is 4.74 Å². The Hall–Kier alpha value is -1.97. The average molecular weight is 258 g/mol. The van der Waals surface area contributed by atoms with Gasteiger partial charge in [-0.25, -0.2) is 0 Å². The molecule has 0 bridgehead atoms. The molecule has 1 aromatic rings. The Balaban J connectivity index is 2.49. The van der Waals surface area contributed by atoms with Gasteiger partial charge in [-0.2, -0.15) is 10.2 Å². The predicted molar refractivity (Wildman–Crippen MR) is 73.5 cm³/mol. The van der Waals surface area contributed by atoms with Crippen molar-refractivity contribution >= 4 is 11.5 Å². The summed E-state index contributed by atoms with van der Waals surface area (Å²) in [5.74, 6) is -0.738. The highest BCUT2D eigenvalue weighted by Crippen LogP contribution is 2.40. The molecule has 1 unspecified atom stereocenters. The summed E-state index contributed by atoms with van der Waals surface area (Å²) < 4.78 is 4.89. The quantitative estimate of drug-likeness (QED) is 0.763. The van der Waals surface area contributed by atoms with Gasteiger partial charge in [0.25, 0.3) is 0 Å². The van der Waals surface area contributed by atoms with Crippen LogP contribution in [0.25, 0.3) is 5.57 Å². The normalized spacial score (nSPS) is 23.3. The van der Waals surface area contributed by atoms with Gasteiger partial charge >= 0.3 is 5.97 Å². The molecule has 0 aliphatic carbocycles. The van der Waals surface area contributed by atoms with Crippen molar-refractivity contribution < 1.29 is 9.53 Å². The molecule has 2 rings (SSSR count). The summed E-state index contributed by atoms with van der Waals surface area (Å²) in [6.07, 6.45) is 0. The minimum Gasteiger partial charge on any atom is -0.468 e. The van der Waals surface area contributed by atoms with Crippen LogP contribution in [0.3, 0.4) is 0 Å². The Kier molecular flexibility index (Phi) is 3.51. The number of nitrogens with zero attached hydrogens (tertiary/aromatic N) is 2. The molecule has 0 radical (unpaired) electrons. The summed E-state index contributed by atoms with van der Waals surface area (Å²) >= 11 is 0. The zero-order chi connectivity index (χ0) is 14.0. The van der Waals surface area contributed by atoms with Crippen molar-refractivity contribution in [3.63, 3.8) is 0 Å². The third kappa shape index (κ3) is 2.43. The number of allylic oxidation sites excluding steroid dienone is 1. The molecule has 1 aliphatic heterocycles. The highest BCUT2D eigenvalue weighted by molar-refractivity contribution is 5.82. The summed E-state index contributed by atoms with van der Waals surface area (Å²) in [4.78, 5) is 12.0. The van der Waals surface area contributed by atoms with Crippen molar-refractivity contribution in [2.45, 2.75) is 26.3 Å². The maximum absolute atomic E-state index is 12.0. The second kappa shape index (κ2) is 4.96. The van der Waals surface area contributed by atoms with E-state index in [1.807, 2.05) is 51.1 Å². The zero-order valence-corrected chi connectivity index (χ0v) is 11.7. The second-order valence-electron chi connectivity index (χ2n) is 5.19. The number of rotatable bonds is 2. The van der Waals surface area contributed by atoms with Gasteiger partial charge in [-0.15, -0.1) is 0 Å². The number of azo groups is 1. The smallest absolute Gasteiger partial charge is 0.317 e. The van der Waals surface area contributed by atoms with E-state index in [0.717, 1.165) is 11.1 Å². The monoisotopic (exact) mass is 258 g/mol. The van der Waals surface area contributed by atoms with E-state index in [1.54, 1.807) is 0 Å². The molecule has 0 aromatic heterocycles. The number of esters is 1. The average Bonchev–Trinajstić information content (AvgIpc) is 2.73. The first-order valence-electron chi connectivity index (χ1n) is 6.24. The minimum absolute atomic E-state index is 0.291. The van der Waals surface area contributed by atoms with E-state index in [-0.39, 0.29) is 5.97 Å². The van der Waals surface area contributed by atoms with E-state index >= 15 is 0 Å². The first-order valence-corrected chi connectivity index (χ1v) is 6.24. The minimum atomic E-state index is -0.557. The molecule has 100 valence electrons. The van der Waals surface area contributed by atoms with Crippen molar-refractivity contribution in [3.8, 4) is 0 Å². The zero-order valence-electron chi connectivity index (χ0n) is 11.7. The Labute approximate surface area is 113 Å². The van der Waals surface area contributed by atoms with E-state index in [4.69, 9.17) is 4.74 Å². The number of hydrogen-bond donors (Lipinski definition) is 0. The van der Waals surface area contributed by atoms with Gasteiger partial charge in [0.05, 0.1) is 18.3 Å². The van der Waals surface area contributed by atoms with E-state index in [2.05, 4.69) is 10.2 Å². The molecule has 0 fully saturated rings. The van der Waals surface area contributed by atoms with Crippen molar-refractivity contribution in [3.05, 3.63) is 41.6 Å². The molecule has 0 N–H and O–H groups in total. The van der Waals surface area contributed by atoms with Crippen LogP contribution in [0.15, 0.2) is 46.3 Å². The first-order chi connectivity index (χ1) is 8.97. The number of methoxy groups -OCH3 is 1. The van der Waals surface area contributed by atoms with Crippen molar-refractivity contribution in [1.82, 2.24) is 0 Å². The van der Waals surface area contributed by atoms with E-state index < -0.39 is 11.5 Å². The van der Waals surface area contributed by atoms with Crippen LogP contribution in [0.2, 0.25) is 0 Å². The van der Waals surface area contributed by atoms with Gasteiger partial charge in [-0.3, -0.25) is 4.79 Å². The molecule has 0 saturated carbocycles. The predicted octanol–water partition coefficient (Wildman–Crippen LogP) is 3.45. The lowest BCUT2D eigenvalue weighted by Gasteiger charge is -2.21. The van der Waals surface area contributed by atoms with Crippen molar-refractivity contribution in [2.75, 3.05) is 7.11 Å². The van der Waals surface area contributed by atoms with Crippen molar-refractivity contribution in [2.24, 2.45) is 16.1 Å². The van der Waals surface area contributed by atoms with Gasteiger partial charge in [-0.05, 0) is 31.9 Å². The summed E-state index contributed by atoms with van der Waals surface area (Å²) in [5, 5.41) is 8.43. The number of ether oxygens (including phenoxy) is 1. The van der Waals surface area contributed by atoms with Crippen LogP contribution in [0.1, 0.15) is 26.3 Å². The maximum Gasteiger partial charge on any atom is 0.317 e. The molecule has 0 amide bonds. The molecular weight excluding hydrogens is 240 g/mol. The highest BCUT2D eigenvalue weighted by Gasteiger charge is 2.44. The molecule has 0 spiro atoms. The Morgan fingerprint density at radius 2 is 1.89 bits per heavy atom. The SMILES string of the molecule is COC(=O)C1/C(=C(/C)c2ccccc2)N=NC1(C)C. The fraction of sp³-hybridized carbons (Fsp3) is 0.400. The van der Waals surface area contributed by atoms with E-state index in [0.29, 0.717) is 5.70 Å². The van der Waals surface area contributed by atoms with Crippen LogP contribution in [-0.4, -0.2) is 18.6 Å². The van der Waals surface area contributed by atoms with Gasteiger partial charge in [-0.1, -0.05) is 30.3 Å².